The molecule has 1 aromatic carbocycles. The van der Waals surface area contributed by atoms with Crippen molar-refractivity contribution >= 4 is 6.29 Å². The summed E-state index contributed by atoms with van der Waals surface area (Å²) in [5.41, 5.74) is 3.06. The summed E-state index contributed by atoms with van der Waals surface area (Å²) in [4.78, 5) is 15.7. The van der Waals surface area contributed by atoms with Crippen LogP contribution >= 0.6 is 0 Å². The van der Waals surface area contributed by atoms with Gasteiger partial charge in [0.05, 0.1) is 14.2 Å². The molecule has 0 atom stereocenters. The van der Waals surface area contributed by atoms with Crippen LogP contribution in [-0.2, 0) is 5.41 Å². The third-order valence-electron chi connectivity index (χ3n) is 3.56. The Balaban J connectivity index is 2.77. The quantitative estimate of drug-likeness (QED) is 0.804. The van der Waals surface area contributed by atoms with Crippen molar-refractivity contribution in [3.8, 4) is 22.8 Å². The minimum atomic E-state index is -0.114. The summed E-state index contributed by atoms with van der Waals surface area (Å²) in [6.07, 6.45) is 2.49. The van der Waals surface area contributed by atoms with E-state index >= 15 is 0 Å². The van der Waals surface area contributed by atoms with Crippen molar-refractivity contribution in [3.05, 3.63) is 41.6 Å². The molecule has 0 spiro atoms. The maximum atomic E-state index is 11.5. The van der Waals surface area contributed by atoms with E-state index in [0.717, 1.165) is 23.0 Å². The van der Waals surface area contributed by atoms with E-state index in [1.165, 1.54) is 0 Å². The first-order valence-corrected chi connectivity index (χ1v) is 7.09. The number of aldehydes is 1. The Labute approximate surface area is 131 Å². The zero-order valence-corrected chi connectivity index (χ0v) is 13.6. The fourth-order valence-electron chi connectivity index (χ4n) is 2.44. The number of nitrogens with zero attached hydrogens (tertiary/aromatic N) is 1. The molecule has 116 valence electrons. The average Bonchev–Trinajstić information content (AvgIpc) is 2.52. The summed E-state index contributed by atoms with van der Waals surface area (Å²) >= 11 is 0. The number of carbonyl (C=O) groups is 1. The molecule has 22 heavy (non-hydrogen) atoms. The molecule has 4 nitrogen and oxygen atoms in total. The Bertz CT molecular complexity index is 687. The third kappa shape index (κ3) is 2.96. The van der Waals surface area contributed by atoms with Crippen LogP contribution < -0.4 is 9.47 Å². The summed E-state index contributed by atoms with van der Waals surface area (Å²) in [5.74, 6) is 1.21. The topological polar surface area (TPSA) is 48.4 Å². The second kappa shape index (κ2) is 6.18. The van der Waals surface area contributed by atoms with Crippen molar-refractivity contribution in [2.75, 3.05) is 14.2 Å². The monoisotopic (exact) mass is 299 g/mol. The fourth-order valence-corrected chi connectivity index (χ4v) is 2.44. The minimum Gasteiger partial charge on any atom is -0.496 e. The van der Waals surface area contributed by atoms with Gasteiger partial charge in [-0.1, -0.05) is 20.8 Å². The molecule has 0 saturated carbocycles. The van der Waals surface area contributed by atoms with Gasteiger partial charge in [0, 0.05) is 22.9 Å². The number of carbonyl (C=O) groups excluding carboxylic acids is 1. The van der Waals surface area contributed by atoms with E-state index in [4.69, 9.17) is 9.47 Å². The van der Waals surface area contributed by atoms with Crippen molar-refractivity contribution in [3.63, 3.8) is 0 Å². The van der Waals surface area contributed by atoms with Crippen molar-refractivity contribution in [1.29, 1.82) is 0 Å². The Morgan fingerprint density at radius 3 is 2.36 bits per heavy atom. The minimum absolute atomic E-state index is 0.114. The number of aromatic nitrogens is 1. The molecule has 0 bridgehead atoms. The van der Waals surface area contributed by atoms with Gasteiger partial charge in [-0.15, -0.1) is 0 Å². The van der Waals surface area contributed by atoms with Crippen LogP contribution in [0.15, 0.2) is 30.5 Å². The molecule has 2 rings (SSSR count). The molecular formula is C18H21NO3. The van der Waals surface area contributed by atoms with E-state index in [1.807, 2.05) is 18.2 Å². The second-order valence-corrected chi connectivity index (χ2v) is 6.07. The van der Waals surface area contributed by atoms with E-state index < -0.39 is 0 Å². The summed E-state index contributed by atoms with van der Waals surface area (Å²) < 4.78 is 10.8. The van der Waals surface area contributed by atoms with Gasteiger partial charge in [-0.3, -0.25) is 4.79 Å². The summed E-state index contributed by atoms with van der Waals surface area (Å²) in [6.45, 7) is 6.32. The fraction of sp³-hybridized carbons (Fsp3) is 0.333. The SMILES string of the molecule is COc1cc(C=O)c(-c2cccnc2OC)cc1C(C)(C)C. The summed E-state index contributed by atoms with van der Waals surface area (Å²) in [6, 6.07) is 7.48. The lowest BCUT2D eigenvalue weighted by molar-refractivity contribution is 0.112. The van der Waals surface area contributed by atoms with Gasteiger partial charge in [-0.05, 0) is 35.2 Å². The molecule has 0 aliphatic heterocycles. The van der Waals surface area contributed by atoms with Gasteiger partial charge in [0.2, 0.25) is 5.88 Å². The number of hydrogen-bond donors (Lipinski definition) is 0. The molecule has 1 heterocycles. The molecule has 0 fully saturated rings. The second-order valence-electron chi connectivity index (χ2n) is 6.07. The first-order chi connectivity index (χ1) is 10.4. The Hall–Kier alpha value is -2.36. The van der Waals surface area contributed by atoms with E-state index in [1.54, 1.807) is 26.5 Å². The molecule has 0 aliphatic carbocycles. The highest BCUT2D eigenvalue weighted by atomic mass is 16.5. The average molecular weight is 299 g/mol. The van der Waals surface area contributed by atoms with E-state index in [0.29, 0.717) is 17.2 Å². The van der Waals surface area contributed by atoms with Gasteiger partial charge < -0.3 is 9.47 Å². The molecule has 0 radical (unpaired) electrons. The van der Waals surface area contributed by atoms with Crippen LogP contribution in [0.4, 0.5) is 0 Å². The highest BCUT2D eigenvalue weighted by Crippen LogP contribution is 2.38. The van der Waals surface area contributed by atoms with Gasteiger partial charge in [-0.25, -0.2) is 4.98 Å². The Kier molecular flexibility index (Phi) is 4.50. The van der Waals surface area contributed by atoms with Crippen molar-refractivity contribution in [2.24, 2.45) is 0 Å². The molecule has 0 N–H and O–H groups in total. The highest BCUT2D eigenvalue weighted by Gasteiger charge is 2.22. The Morgan fingerprint density at radius 2 is 1.82 bits per heavy atom. The van der Waals surface area contributed by atoms with Crippen LogP contribution in [0.1, 0.15) is 36.7 Å². The van der Waals surface area contributed by atoms with Gasteiger partial charge in [0.15, 0.2) is 6.29 Å². The smallest absolute Gasteiger partial charge is 0.221 e. The lowest BCUT2D eigenvalue weighted by atomic mass is 9.83. The van der Waals surface area contributed by atoms with Crippen molar-refractivity contribution in [2.45, 2.75) is 26.2 Å². The van der Waals surface area contributed by atoms with Crippen LogP contribution in [0.25, 0.3) is 11.1 Å². The first kappa shape index (κ1) is 16.0. The Morgan fingerprint density at radius 1 is 1.09 bits per heavy atom. The predicted molar refractivity (Wildman–Crippen MR) is 86.9 cm³/mol. The van der Waals surface area contributed by atoms with Crippen LogP contribution in [0.5, 0.6) is 11.6 Å². The maximum absolute atomic E-state index is 11.5. The molecule has 2 aromatic rings. The van der Waals surface area contributed by atoms with Crippen molar-refractivity contribution in [1.82, 2.24) is 4.98 Å². The maximum Gasteiger partial charge on any atom is 0.221 e. The molecule has 0 amide bonds. The van der Waals surface area contributed by atoms with E-state index in [2.05, 4.69) is 25.8 Å². The molecule has 0 saturated heterocycles. The molecule has 4 heteroatoms. The van der Waals surface area contributed by atoms with Gasteiger partial charge in [0.1, 0.15) is 5.75 Å². The number of hydrogen-bond acceptors (Lipinski definition) is 4. The van der Waals surface area contributed by atoms with Gasteiger partial charge in [-0.2, -0.15) is 0 Å². The highest BCUT2D eigenvalue weighted by molar-refractivity contribution is 5.90. The number of benzene rings is 1. The predicted octanol–water partition coefficient (Wildman–Crippen LogP) is 3.88. The van der Waals surface area contributed by atoms with Crippen LogP contribution in [0, 0.1) is 0 Å². The summed E-state index contributed by atoms with van der Waals surface area (Å²) in [5, 5.41) is 0. The standard InChI is InChI=1S/C18H21NO3/c1-18(2,3)15-10-14(12(11-20)9-16(15)21-4)13-7-6-8-19-17(13)22-5/h6-11H,1-5H3. The zero-order valence-electron chi connectivity index (χ0n) is 13.6. The third-order valence-corrected chi connectivity index (χ3v) is 3.56. The van der Waals surface area contributed by atoms with Crippen molar-refractivity contribution < 1.29 is 14.3 Å². The molecule has 0 unspecified atom stereocenters. The van der Waals surface area contributed by atoms with Crippen LogP contribution in [-0.4, -0.2) is 25.5 Å². The lowest BCUT2D eigenvalue weighted by Gasteiger charge is -2.24. The van der Waals surface area contributed by atoms with Gasteiger partial charge >= 0.3 is 0 Å². The molecule has 1 aromatic heterocycles. The van der Waals surface area contributed by atoms with E-state index in [-0.39, 0.29) is 5.41 Å². The number of ether oxygens (including phenoxy) is 2. The zero-order chi connectivity index (χ0) is 16.3. The normalized spacial score (nSPS) is 11.1. The molecular weight excluding hydrogens is 278 g/mol. The van der Waals surface area contributed by atoms with Crippen LogP contribution in [0.3, 0.4) is 0 Å². The number of methoxy groups -OCH3 is 2. The number of rotatable bonds is 4. The van der Waals surface area contributed by atoms with Crippen LogP contribution in [0.2, 0.25) is 0 Å². The largest absolute Gasteiger partial charge is 0.496 e. The van der Waals surface area contributed by atoms with Gasteiger partial charge in [0.25, 0.3) is 0 Å². The molecule has 0 aliphatic rings. The van der Waals surface area contributed by atoms with E-state index in [9.17, 15) is 4.79 Å². The summed E-state index contributed by atoms with van der Waals surface area (Å²) in [7, 11) is 3.18. The lowest BCUT2D eigenvalue weighted by Crippen LogP contribution is -2.13. The first-order valence-electron chi connectivity index (χ1n) is 7.09. The number of pyridine rings is 1.